The van der Waals surface area contributed by atoms with E-state index in [-0.39, 0.29) is 19.1 Å². The molecule has 0 spiro atoms. The number of hydrogen-bond acceptors (Lipinski definition) is 1. The number of aliphatic hydroxyl groups excluding tert-OH is 1. The van der Waals surface area contributed by atoms with Crippen molar-refractivity contribution in [2.75, 3.05) is 13.2 Å². The van der Waals surface area contributed by atoms with E-state index in [9.17, 15) is 5.11 Å². The van der Waals surface area contributed by atoms with E-state index in [0.29, 0.717) is 6.42 Å². The lowest BCUT2D eigenvalue weighted by Crippen LogP contribution is -2.00. The maximum atomic E-state index is 9.91. The van der Waals surface area contributed by atoms with Crippen molar-refractivity contribution >= 4 is 0 Å². The molecule has 1 atom stereocenters. The predicted molar refractivity (Wildman–Crippen MR) is 26.4 cm³/mol. The number of hydrogen-bond donors (Lipinski definition) is 1. The van der Waals surface area contributed by atoms with Gasteiger partial charge >= 0.3 is 0 Å². The summed E-state index contributed by atoms with van der Waals surface area (Å²) >= 11 is 0. The van der Waals surface area contributed by atoms with Crippen molar-refractivity contribution in [3.8, 4) is 0 Å². The number of rotatable bonds is 3. The van der Waals surface area contributed by atoms with Gasteiger partial charge in [-0.15, -0.1) is 0 Å². The summed E-state index contributed by atoms with van der Waals surface area (Å²) in [5.74, 6) is 0.144. The van der Waals surface area contributed by atoms with E-state index in [1.165, 1.54) is 0 Å². The molecular formula is C5H11O2. The van der Waals surface area contributed by atoms with E-state index >= 15 is 0 Å². The quantitative estimate of drug-likeness (QED) is 0.553. The smallest absolute Gasteiger partial charge is 0.0848 e. The minimum Gasteiger partial charge on any atom is -0.396 e. The van der Waals surface area contributed by atoms with Crippen molar-refractivity contribution in [3.63, 3.8) is 0 Å². The predicted octanol–water partition coefficient (Wildman–Crippen LogP) is 0.435. The first kappa shape index (κ1) is 6.92. The van der Waals surface area contributed by atoms with Crippen molar-refractivity contribution in [1.82, 2.24) is 0 Å². The highest BCUT2D eigenvalue weighted by Crippen LogP contribution is 1.96. The van der Waals surface area contributed by atoms with Crippen molar-refractivity contribution < 1.29 is 10.2 Å². The van der Waals surface area contributed by atoms with Crippen LogP contribution in [0.15, 0.2) is 0 Å². The average Bonchev–Trinajstić information content (AvgIpc) is 1.68. The molecule has 0 aromatic heterocycles. The van der Waals surface area contributed by atoms with Crippen LogP contribution in [0, 0.1) is 5.92 Å². The van der Waals surface area contributed by atoms with Gasteiger partial charge < -0.3 is 5.11 Å². The lowest BCUT2D eigenvalue weighted by molar-refractivity contribution is 0.132. The van der Waals surface area contributed by atoms with E-state index in [2.05, 4.69) is 0 Å². The first-order valence-corrected chi connectivity index (χ1v) is 2.50. The normalized spacial score (nSPS) is 14.1. The molecule has 2 heteroatoms. The second-order valence-corrected chi connectivity index (χ2v) is 1.78. The van der Waals surface area contributed by atoms with Gasteiger partial charge in [0, 0.05) is 6.61 Å². The van der Waals surface area contributed by atoms with Gasteiger partial charge in [-0.05, 0) is 12.3 Å². The van der Waals surface area contributed by atoms with Crippen molar-refractivity contribution in [1.29, 1.82) is 0 Å². The molecule has 0 amide bonds. The van der Waals surface area contributed by atoms with Gasteiger partial charge in [0.05, 0.1) is 6.61 Å². The zero-order chi connectivity index (χ0) is 5.70. The maximum absolute atomic E-state index is 9.91. The van der Waals surface area contributed by atoms with Crippen molar-refractivity contribution in [2.24, 2.45) is 5.92 Å². The van der Waals surface area contributed by atoms with Gasteiger partial charge in [0.2, 0.25) is 0 Å². The Hall–Kier alpha value is -0.0800. The Bertz CT molecular complexity index is 37.1. The first-order valence-electron chi connectivity index (χ1n) is 2.50. The third-order valence-electron chi connectivity index (χ3n) is 0.906. The zero-order valence-electron chi connectivity index (χ0n) is 4.55. The number of aliphatic hydroxyl groups is 1. The summed E-state index contributed by atoms with van der Waals surface area (Å²) in [5.41, 5.74) is 0. The molecule has 1 unspecified atom stereocenters. The molecule has 7 heavy (non-hydrogen) atoms. The van der Waals surface area contributed by atoms with Gasteiger partial charge in [0.25, 0.3) is 0 Å². The van der Waals surface area contributed by atoms with Gasteiger partial charge in [0.1, 0.15) is 0 Å². The van der Waals surface area contributed by atoms with E-state index in [4.69, 9.17) is 5.11 Å². The molecule has 0 aliphatic carbocycles. The largest absolute Gasteiger partial charge is 0.396 e. The van der Waals surface area contributed by atoms with E-state index in [0.717, 1.165) is 0 Å². The maximum Gasteiger partial charge on any atom is 0.0848 e. The molecular weight excluding hydrogens is 92.1 g/mol. The second-order valence-electron chi connectivity index (χ2n) is 1.78. The minimum absolute atomic E-state index is 0.0689. The van der Waals surface area contributed by atoms with Gasteiger partial charge in [-0.25, -0.2) is 5.11 Å². The van der Waals surface area contributed by atoms with Gasteiger partial charge in [-0.3, -0.25) is 0 Å². The first-order chi connectivity index (χ1) is 3.31. The Balaban J connectivity index is 2.83. The molecule has 0 saturated carbocycles. The molecule has 2 nitrogen and oxygen atoms in total. The van der Waals surface area contributed by atoms with Crippen LogP contribution < -0.4 is 0 Å². The van der Waals surface area contributed by atoms with Crippen LogP contribution in [0.5, 0.6) is 0 Å². The second kappa shape index (κ2) is 4.09. The molecule has 0 saturated heterocycles. The van der Waals surface area contributed by atoms with E-state index in [1.807, 2.05) is 6.92 Å². The zero-order valence-corrected chi connectivity index (χ0v) is 4.55. The Morgan fingerprint density at radius 1 is 1.71 bits per heavy atom. The van der Waals surface area contributed by atoms with Crippen LogP contribution in [0.3, 0.4) is 0 Å². The molecule has 0 bridgehead atoms. The topological polar surface area (TPSA) is 40.1 Å². The third-order valence-corrected chi connectivity index (χ3v) is 0.906. The minimum atomic E-state index is -0.0689. The summed E-state index contributed by atoms with van der Waals surface area (Å²) in [6, 6.07) is 0. The SMILES string of the molecule is CC(C[O])CCO. The lowest BCUT2D eigenvalue weighted by atomic mass is 10.1. The van der Waals surface area contributed by atoms with Crippen LogP contribution in [0.2, 0.25) is 0 Å². The Morgan fingerprint density at radius 3 is 2.43 bits per heavy atom. The standard InChI is InChI=1S/C5H11O2/c1-5(4-7)2-3-6/h5-6H,2-4H2,1H3. The highest BCUT2D eigenvalue weighted by molar-refractivity contribution is 4.45. The molecule has 1 N–H and O–H groups in total. The Labute approximate surface area is 43.8 Å². The van der Waals surface area contributed by atoms with Crippen LogP contribution >= 0.6 is 0 Å². The van der Waals surface area contributed by atoms with Crippen LogP contribution in [0.4, 0.5) is 0 Å². The summed E-state index contributed by atoms with van der Waals surface area (Å²) in [7, 11) is 0. The van der Waals surface area contributed by atoms with Crippen molar-refractivity contribution in [3.05, 3.63) is 0 Å². The Morgan fingerprint density at radius 2 is 2.29 bits per heavy atom. The molecule has 0 rings (SSSR count). The molecule has 43 valence electrons. The van der Waals surface area contributed by atoms with Gasteiger partial charge in [-0.2, -0.15) is 0 Å². The summed E-state index contributed by atoms with van der Waals surface area (Å²) < 4.78 is 0. The van der Waals surface area contributed by atoms with Crippen LogP contribution in [-0.2, 0) is 5.11 Å². The molecule has 0 fully saturated rings. The van der Waals surface area contributed by atoms with Crippen LogP contribution in [-0.4, -0.2) is 18.3 Å². The highest BCUT2D eigenvalue weighted by Gasteiger charge is 1.96. The molecule has 0 aromatic carbocycles. The van der Waals surface area contributed by atoms with Gasteiger partial charge in [-0.1, -0.05) is 6.92 Å². The summed E-state index contributed by atoms with van der Waals surface area (Å²) in [4.78, 5) is 0. The fourth-order valence-corrected chi connectivity index (χ4v) is 0.304. The summed E-state index contributed by atoms with van der Waals surface area (Å²) in [6.45, 7) is 1.91. The summed E-state index contributed by atoms with van der Waals surface area (Å²) in [6.07, 6.45) is 0.642. The van der Waals surface area contributed by atoms with Crippen LogP contribution in [0.1, 0.15) is 13.3 Å². The fraction of sp³-hybridized carbons (Fsp3) is 1.00. The molecule has 0 aromatic rings. The Kier molecular flexibility index (Phi) is 4.04. The highest BCUT2D eigenvalue weighted by atomic mass is 16.3. The fourth-order valence-electron chi connectivity index (χ4n) is 0.304. The van der Waals surface area contributed by atoms with E-state index < -0.39 is 0 Å². The lowest BCUT2D eigenvalue weighted by Gasteiger charge is -1.99. The molecule has 0 heterocycles. The average molecular weight is 103 g/mol. The van der Waals surface area contributed by atoms with E-state index in [1.54, 1.807) is 0 Å². The molecule has 1 radical (unpaired) electrons. The molecule has 0 aliphatic rings. The summed E-state index contributed by atoms with van der Waals surface area (Å²) in [5, 5.41) is 18.1. The van der Waals surface area contributed by atoms with Gasteiger partial charge in [0.15, 0.2) is 0 Å². The molecule has 0 aliphatic heterocycles. The van der Waals surface area contributed by atoms with Crippen LogP contribution in [0.25, 0.3) is 0 Å². The monoisotopic (exact) mass is 103 g/mol. The van der Waals surface area contributed by atoms with Crippen molar-refractivity contribution in [2.45, 2.75) is 13.3 Å². The third kappa shape index (κ3) is 3.76.